The van der Waals surface area contributed by atoms with Crippen molar-refractivity contribution in [3.8, 4) is 11.5 Å². The van der Waals surface area contributed by atoms with Crippen LogP contribution in [0.2, 0.25) is 0 Å². The number of benzene rings is 3. The van der Waals surface area contributed by atoms with Crippen LogP contribution in [0.3, 0.4) is 0 Å². The van der Waals surface area contributed by atoms with E-state index in [2.05, 4.69) is 22.8 Å². The molecule has 6 nitrogen and oxygen atoms in total. The summed E-state index contributed by atoms with van der Waals surface area (Å²) in [6.45, 7) is 1.50. The third-order valence-corrected chi connectivity index (χ3v) is 5.40. The molecule has 0 bridgehead atoms. The van der Waals surface area contributed by atoms with Gasteiger partial charge in [0.2, 0.25) is 5.71 Å². The zero-order valence-corrected chi connectivity index (χ0v) is 19.0. The minimum atomic E-state index is -0.373. The number of nitro benzene ring substituents is 1. The molecule has 0 saturated heterocycles. The van der Waals surface area contributed by atoms with Crippen LogP contribution in [0.15, 0.2) is 66.7 Å². The molecule has 0 saturated carbocycles. The second kappa shape index (κ2) is 9.75. The molecule has 0 N–H and O–H groups in total. The minimum Gasteiger partial charge on any atom is -1.00 e. The number of non-ortho nitro benzene ring substituents is 1. The quantitative estimate of drug-likeness (QED) is 0.301. The summed E-state index contributed by atoms with van der Waals surface area (Å²) in [5.74, 6) is 1.43. The number of nitrogens with zero attached hydrogens (tertiary/aromatic N) is 2. The summed E-state index contributed by atoms with van der Waals surface area (Å²) in [5.41, 5.74) is 5.70. The summed E-state index contributed by atoms with van der Waals surface area (Å²) in [7, 11) is 3.29. The van der Waals surface area contributed by atoms with E-state index in [-0.39, 0.29) is 27.6 Å². The van der Waals surface area contributed by atoms with E-state index in [1.165, 1.54) is 5.56 Å². The molecule has 1 aliphatic heterocycles. The van der Waals surface area contributed by atoms with E-state index in [4.69, 9.17) is 9.47 Å². The Labute approximate surface area is 191 Å². The summed E-state index contributed by atoms with van der Waals surface area (Å²) in [6, 6.07) is 21.1. The molecule has 0 amide bonds. The van der Waals surface area contributed by atoms with Gasteiger partial charge in [-0.25, -0.2) is 4.58 Å². The van der Waals surface area contributed by atoms with Gasteiger partial charge in [-0.05, 0) is 42.0 Å². The fraction of sp³-hybridized carbons (Fsp3) is 0.208. The topological polar surface area (TPSA) is 64.6 Å². The van der Waals surface area contributed by atoms with E-state index in [0.717, 1.165) is 41.1 Å². The van der Waals surface area contributed by atoms with Crippen LogP contribution in [0.25, 0.3) is 0 Å². The minimum absolute atomic E-state index is 0. The second-order valence-electron chi connectivity index (χ2n) is 7.17. The molecule has 0 atom stereocenters. The lowest BCUT2D eigenvalue weighted by molar-refractivity contribution is -0.544. The van der Waals surface area contributed by atoms with Gasteiger partial charge in [0.05, 0.1) is 24.7 Å². The van der Waals surface area contributed by atoms with Gasteiger partial charge in [0, 0.05) is 29.7 Å². The lowest BCUT2D eigenvalue weighted by Gasteiger charge is -2.21. The van der Waals surface area contributed by atoms with Crippen LogP contribution in [0.1, 0.15) is 22.3 Å². The highest BCUT2D eigenvalue weighted by Gasteiger charge is 2.29. The number of hydrogen-bond acceptors (Lipinski definition) is 4. The number of rotatable bonds is 6. The molecule has 1 aliphatic rings. The van der Waals surface area contributed by atoms with Crippen molar-refractivity contribution in [2.45, 2.75) is 13.0 Å². The lowest BCUT2D eigenvalue weighted by atomic mass is 9.91. The van der Waals surface area contributed by atoms with Crippen molar-refractivity contribution in [1.29, 1.82) is 0 Å². The third-order valence-electron chi connectivity index (χ3n) is 5.40. The summed E-state index contributed by atoms with van der Waals surface area (Å²) in [5, 5.41) is 11.0. The molecule has 3 aromatic carbocycles. The standard InChI is InChI=1S/C24H23N2O4.BrH/c1-29-22-14-19-12-13-25(16-17-8-10-20(11-9-17)26(27)28)24(18-6-4-3-5-7-18)21(19)15-23(22)30-2;/h3-11,14-15H,12-13,16H2,1-2H3;1H/q+1;/p-1. The molecule has 0 unspecified atom stereocenters. The van der Waals surface area contributed by atoms with Crippen LogP contribution < -0.4 is 26.5 Å². The Hall–Kier alpha value is -3.19. The van der Waals surface area contributed by atoms with Crippen LogP contribution in [0, 0.1) is 10.1 Å². The van der Waals surface area contributed by atoms with Gasteiger partial charge in [-0.3, -0.25) is 10.1 Å². The molecular formula is C24H23BrN2O4. The predicted octanol–water partition coefficient (Wildman–Crippen LogP) is 1.22. The smallest absolute Gasteiger partial charge is 0.269 e. The highest BCUT2D eigenvalue weighted by Crippen LogP contribution is 2.34. The van der Waals surface area contributed by atoms with Gasteiger partial charge in [0.25, 0.3) is 5.69 Å². The molecule has 1 heterocycles. The maximum Gasteiger partial charge on any atom is 0.269 e. The third kappa shape index (κ3) is 4.61. The Bertz CT molecular complexity index is 1110. The largest absolute Gasteiger partial charge is 1.00 e. The monoisotopic (exact) mass is 482 g/mol. The van der Waals surface area contributed by atoms with Gasteiger partial charge in [0.15, 0.2) is 18.0 Å². The van der Waals surface area contributed by atoms with E-state index < -0.39 is 0 Å². The lowest BCUT2D eigenvalue weighted by Crippen LogP contribution is -3.00. The Morgan fingerprint density at radius 3 is 2.23 bits per heavy atom. The maximum absolute atomic E-state index is 11.0. The van der Waals surface area contributed by atoms with Crippen LogP contribution in [-0.2, 0) is 13.0 Å². The predicted molar refractivity (Wildman–Crippen MR) is 115 cm³/mol. The summed E-state index contributed by atoms with van der Waals surface area (Å²) >= 11 is 0. The molecule has 0 radical (unpaired) electrons. The van der Waals surface area contributed by atoms with E-state index >= 15 is 0 Å². The van der Waals surface area contributed by atoms with Crippen molar-refractivity contribution in [3.63, 3.8) is 0 Å². The van der Waals surface area contributed by atoms with Crippen LogP contribution in [0.5, 0.6) is 11.5 Å². The summed E-state index contributed by atoms with van der Waals surface area (Å²) in [4.78, 5) is 10.6. The van der Waals surface area contributed by atoms with Crippen molar-refractivity contribution in [3.05, 3.63) is 99.1 Å². The van der Waals surface area contributed by atoms with Gasteiger partial charge in [-0.2, -0.15) is 0 Å². The first-order chi connectivity index (χ1) is 14.6. The molecule has 0 fully saturated rings. The molecule has 4 rings (SSSR count). The average Bonchev–Trinajstić information content (AvgIpc) is 2.79. The highest BCUT2D eigenvalue weighted by molar-refractivity contribution is 6.11. The van der Waals surface area contributed by atoms with Crippen molar-refractivity contribution in [2.24, 2.45) is 0 Å². The molecule has 7 heteroatoms. The Kier molecular flexibility index (Phi) is 7.07. The molecule has 0 aliphatic carbocycles. The fourth-order valence-electron chi connectivity index (χ4n) is 3.92. The normalized spacial score (nSPS) is 12.6. The molecule has 0 spiro atoms. The molecule has 3 aromatic rings. The first-order valence-electron chi connectivity index (χ1n) is 9.76. The van der Waals surface area contributed by atoms with E-state index in [0.29, 0.717) is 12.3 Å². The van der Waals surface area contributed by atoms with E-state index in [9.17, 15) is 10.1 Å². The van der Waals surface area contributed by atoms with Gasteiger partial charge >= 0.3 is 0 Å². The maximum atomic E-state index is 11.0. The SMILES string of the molecule is COc1cc2c(cc1OC)C(c1ccccc1)=[N+](Cc1ccc([N+](=O)[O-])cc1)CC2.[Br-]. The first-order valence-corrected chi connectivity index (χ1v) is 9.76. The summed E-state index contributed by atoms with van der Waals surface area (Å²) < 4.78 is 13.4. The number of methoxy groups -OCH3 is 2. The number of nitro groups is 1. The van der Waals surface area contributed by atoms with E-state index in [1.807, 2.05) is 36.4 Å². The van der Waals surface area contributed by atoms with Crippen LogP contribution in [0.4, 0.5) is 5.69 Å². The molecule has 0 aromatic heterocycles. The van der Waals surface area contributed by atoms with Gasteiger partial charge < -0.3 is 26.5 Å². The van der Waals surface area contributed by atoms with Crippen molar-refractivity contribution in [1.82, 2.24) is 0 Å². The first kappa shape index (κ1) is 22.5. The van der Waals surface area contributed by atoms with E-state index in [1.54, 1.807) is 26.4 Å². The number of ether oxygens (including phenoxy) is 2. The average molecular weight is 483 g/mol. The molecule has 31 heavy (non-hydrogen) atoms. The fourth-order valence-corrected chi connectivity index (χ4v) is 3.92. The Morgan fingerprint density at radius 1 is 0.968 bits per heavy atom. The second-order valence-corrected chi connectivity index (χ2v) is 7.17. The van der Waals surface area contributed by atoms with Crippen LogP contribution in [-0.4, -0.2) is 36.0 Å². The van der Waals surface area contributed by atoms with Crippen molar-refractivity contribution >= 4 is 11.4 Å². The molecule has 160 valence electrons. The highest BCUT2D eigenvalue weighted by atomic mass is 79.9. The van der Waals surface area contributed by atoms with Gasteiger partial charge in [-0.15, -0.1) is 0 Å². The Morgan fingerprint density at radius 2 is 1.61 bits per heavy atom. The zero-order chi connectivity index (χ0) is 21.1. The number of fused-ring (bicyclic) bond motifs is 1. The number of halogens is 1. The van der Waals surface area contributed by atoms with Crippen molar-refractivity contribution in [2.75, 3.05) is 20.8 Å². The van der Waals surface area contributed by atoms with Crippen molar-refractivity contribution < 1.29 is 36.0 Å². The number of hydrogen-bond donors (Lipinski definition) is 0. The van der Waals surface area contributed by atoms with Gasteiger partial charge in [-0.1, -0.05) is 18.2 Å². The zero-order valence-electron chi connectivity index (χ0n) is 17.4. The summed E-state index contributed by atoms with van der Waals surface area (Å²) in [6.07, 6.45) is 0.874. The Balaban J connectivity index is 0.00000272. The molecular weight excluding hydrogens is 460 g/mol. The van der Waals surface area contributed by atoms with Crippen LogP contribution >= 0.6 is 0 Å². The van der Waals surface area contributed by atoms with Gasteiger partial charge in [0.1, 0.15) is 6.54 Å².